The lowest BCUT2D eigenvalue weighted by molar-refractivity contribution is -0.145. The average Bonchev–Trinajstić information content (AvgIpc) is 2.81. The zero-order valence-electron chi connectivity index (χ0n) is 10.7. The summed E-state index contributed by atoms with van der Waals surface area (Å²) in [7, 11) is 0. The SMILES string of the molecule is CC1CN(C(=O)C2(CN)CCCC2)CCC1O. The number of nitrogens with zero attached hydrogens (tertiary/aromatic N) is 1. The van der Waals surface area contributed by atoms with Crippen LogP contribution in [0.4, 0.5) is 0 Å². The number of hydrogen-bond acceptors (Lipinski definition) is 3. The van der Waals surface area contributed by atoms with Gasteiger partial charge in [0.25, 0.3) is 0 Å². The van der Waals surface area contributed by atoms with E-state index in [-0.39, 0.29) is 23.3 Å². The van der Waals surface area contributed by atoms with Crippen LogP contribution in [0.2, 0.25) is 0 Å². The van der Waals surface area contributed by atoms with Gasteiger partial charge in [0.05, 0.1) is 11.5 Å². The Morgan fingerprint density at radius 2 is 2.12 bits per heavy atom. The third kappa shape index (κ3) is 2.33. The van der Waals surface area contributed by atoms with E-state index < -0.39 is 0 Å². The van der Waals surface area contributed by atoms with E-state index in [9.17, 15) is 9.90 Å². The Hall–Kier alpha value is -0.610. The van der Waals surface area contributed by atoms with E-state index in [4.69, 9.17) is 5.73 Å². The van der Waals surface area contributed by atoms with Crippen molar-refractivity contribution in [2.45, 2.75) is 45.1 Å². The largest absolute Gasteiger partial charge is 0.393 e. The van der Waals surface area contributed by atoms with Gasteiger partial charge in [0.2, 0.25) is 5.91 Å². The molecule has 1 amide bonds. The Balaban J connectivity index is 2.04. The number of hydrogen-bond donors (Lipinski definition) is 2. The maximum absolute atomic E-state index is 12.6. The maximum atomic E-state index is 12.6. The molecular formula is C13H24N2O2. The molecule has 1 saturated heterocycles. The van der Waals surface area contributed by atoms with Gasteiger partial charge in [-0.2, -0.15) is 0 Å². The highest BCUT2D eigenvalue weighted by Gasteiger charge is 2.43. The fourth-order valence-electron chi connectivity index (χ4n) is 3.21. The molecule has 2 rings (SSSR count). The van der Waals surface area contributed by atoms with Gasteiger partial charge in [0.15, 0.2) is 0 Å². The molecule has 0 spiro atoms. The molecule has 0 aromatic carbocycles. The lowest BCUT2D eigenvalue weighted by Gasteiger charge is -2.39. The first kappa shape index (κ1) is 12.8. The Labute approximate surface area is 103 Å². The van der Waals surface area contributed by atoms with Crippen molar-refractivity contribution in [3.63, 3.8) is 0 Å². The minimum atomic E-state index is -0.290. The molecule has 2 fully saturated rings. The summed E-state index contributed by atoms with van der Waals surface area (Å²) in [6.45, 7) is 3.85. The molecule has 2 aliphatic rings. The zero-order chi connectivity index (χ0) is 12.5. The van der Waals surface area contributed by atoms with Crippen LogP contribution in [-0.2, 0) is 4.79 Å². The molecule has 3 N–H and O–H groups in total. The van der Waals surface area contributed by atoms with Crippen LogP contribution >= 0.6 is 0 Å². The van der Waals surface area contributed by atoms with Crippen LogP contribution in [0.5, 0.6) is 0 Å². The molecule has 0 radical (unpaired) electrons. The smallest absolute Gasteiger partial charge is 0.230 e. The highest BCUT2D eigenvalue weighted by molar-refractivity contribution is 5.83. The van der Waals surface area contributed by atoms with Gasteiger partial charge in [-0.25, -0.2) is 0 Å². The molecule has 4 nitrogen and oxygen atoms in total. The number of aliphatic hydroxyl groups excluding tert-OH is 1. The predicted molar refractivity (Wildman–Crippen MR) is 66.3 cm³/mol. The molecule has 17 heavy (non-hydrogen) atoms. The summed E-state index contributed by atoms with van der Waals surface area (Å²) in [5.74, 6) is 0.417. The van der Waals surface area contributed by atoms with E-state index in [2.05, 4.69) is 0 Å². The van der Waals surface area contributed by atoms with Crippen LogP contribution in [0, 0.1) is 11.3 Å². The lowest BCUT2D eigenvalue weighted by Crippen LogP contribution is -2.52. The molecule has 2 atom stereocenters. The number of piperidine rings is 1. The Kier molecular flexibility index (Phi) is 3.73. The van der Waals surface area contributed by atoms with E-state index in [1.54, 1.807) is 0 Å². The number of carbonyl (C=O) groups excluding carboxylic acids is 1. The second kappa shape index (κ2) is 4.94. The van der Waals surface area contributed by atoms with Gasteiger partial charge in [0.1, 0.15) is 0 Å². The Bertz CT molecular complexity index is 287. The predicted octanol–water partition coefficient (Wildman–Crippen LogP) is 0.735. The number of rotatable bonds is 2. The van der Waals surface area contributed by atoms with Gasteiger partial charge in [0, 0.05) is 19.6 Å². The van der Waals surface area contributed by atoms with Gasteiger partial charge in [-0.3, -0.25) is 4.79 Å². The maximum Gasteiger partial charge on any atom is 0.230 e. The van der Waals surface area contributed by atoms with Crippen molar-refractivity contribution in [3.8, 4) is 0 Å². The highest BCUT2D eigenvalue weighted by Crippen LogP contribution is 2.39. The van der Waals surface area contributed by atoms with Crippen LogP contribution in [0.1, 0.15) is 39.0 Å². The molecule has 1 saturated carbocycles. The Morgan fingerprint density at radius 3 is 2.65 bits per heavy atom. The van der Waals surface area contributed by atoms with Crippen molar-refractivity contribution >= 4 is 5.91 Å². The minimum absolute atomic E-state index is 0.184. The third-order valence-corrected chi connectivity index (χ3v) is 4.55. The topological polar surface area (TPSA) is 66.6 Å². The second-order valence-corrected chi connectivity index (χ2v) is 5.78. The van der Waals surface area contributed by atoms with E-state index in [0.717, 1.165) is 25.7 Å². The van der Waals surface area contributed by atoms with E-state index in [1.165, 1.54) is 0 Å². The van der Waals surface area contributed by atoms with Crippen molar-refractivity contribution in [1.29, 1.82) is 0 Å². The normalized spacial score (nSPS) is 32.8. The fraction of sp³-hybridized carbons (Fsp3) is 0.923. The molecule has 0 bridgehead atoms. The molecule has 0 aromatic rings. The van der Waals surface area contributed by atoms with E-state index >= 15 is 0 Å². The minimum Gasteiger partial charge on any atom is -0.393 e. The quantitative estimate of drug-likeness (QED) is 0.748. The van der Waals surface area contributed by atoms with Crippen molar-refractivity contribution in [3.05, 3.63) is 0 Å². The van der Waals surface area contributed by atoms with Gasteiger partial charge in [-0.05, 0) is 25.2 Å². The van der Waals surface area contributed by atoms with Crippen molar-refractivity contribution in [2.75, 3.05) is 19.6 Å². The van der Waals surface area contributed by atoms with Crippen LogP contribution in [0.15, 0.2) is 0 Å². The standard InChI is InChI=1S/C13H24N2O2/c1-10-8-15(7-4-11(10)16)12(17)13(9-14)5-2-3-6-13/h10-11,16H,2-9,14H2,1H3. The van der Waals surface area contributed by atoms with Gasteiger partial charge in [-0.15, -0.1) is 0 Å². The van der Waals surface area contributed by atoms with Crippen LogP contribution < -0.4 is 5.73 Å². The highest BCUT2D eigenvalue weighted by atomic mass is 16.3. The third-order valence-electron chi connectivity index (χ3n) is 4.55. The van der Waals surface area contributed by atoms with Crippen molar-refractivity contribution in [2.24, 2.45) is 17.1 Å². The van der Waals surface area contributed by atoms with E-state index in [1.807, 2.05) is 11.8 Å². The Morgan fingerprint density at radius 1 is 1.47 bits per heavy atom. The zero-order valence-corrected chi connectivity index (χ0v) is 10.7. The molecule has 2 unspecified atom stereocenters. The number of likely N-dealkylation sites (tertiary alicyclic amines) is 1. The number of amides is 1. The number of aliphatic hydroxyl groups is 1. The van der Waals surface area contributed by atoms with Gasteiger partial charge >= 0.3 is 0 Å². The van der Waals surface area contributed by atoms with Crippen LogP contribution in [0.25, 0.3) is 0 Å². The summed E-state index contributed by atoms with van der Waals surface area (Å²) < 4.78 is 0. The fourth-order valence-corrected chi connectivity index (χ4v) is 3.21. The summed E-state index contributed by atoms with van der Waals surface area (Å²) in [6, 6.07) is 0. The van der Waals surface area contributed by atoms with Gasteiger partial charge in [-0.1, -0.05) is 19.8 Å². The van der Waals surface area contributed by atoms with Crippen molar-refractivity contribution in [1.82, 2.24) is 4.90 Å². The number of carbonyl (C=O) groups is 1. The molecule has 1 heterocycles. The molecule has 4 heteroatoms. The average molecular weight is 240 g/mol. The molecule has 1 aliphatic heterocycles. The lowest BCUT2D eigenvalue weighted by atomic mass is 9.83. The van der Waals surface area contributed by atoms with Crippen LogP contribution in [-0.4, -0.2) is 41.7 Å². The molecule has 1 aliphatic carbocycles. The summed E-state index contributed by atoms with van der Waals surface area (Å²) in [5.41, 5.74) is 5.55. The molecule has 0 aromatic heterocycles. The van der Waals surface area contributed by atoms with Gasteiger partial charge < -0.3 is 15.7 Å². The second-order valence-electron chi connectivity index (χ2n) is 5.78. The van der Waals surface area contributed by atoms with E-state index in [0.29, 0.717) is 26.1 Å². The molecule has 98 valence electrons. The first-order chi connectivity index (χ1) is 8.09. The van der Waals surface area contributed by atoms with Crippen molar-refractivity contribution < 1.29 is 9.90 Å². The first-order valence-corrected chi connectivity index (χ1v) is 6.76. The summed E-state index contributed by atoms with van der Waals surface area (Å²) in [5, 5.41) is 9.70. The summed E-state index contributed by atoms with van der Waals surface area (Å²) >= 11 is 0. The number of nitrogens with two attached hydrogens (primary N) is 1. The summed E-state index contributed by atoms with van der Waals surface area (Å²) in [4.78, 5) is 14.5. The monoisotopic (exact) mass is 240 g/mol. The van der Waals surface area contributed by atoms with Crippen LogP contribution in [0.3, 0.4) is 0 Å². The summed E-state index contributed by atoms with van der Waals surface area (Å²) in [6.07, 6.45) is 4.57. The first-order valence-electron chi connectivity index (χ1n) is 6.76. The molecular weight excluding hydrogens is 216 g/mol.